The summed E-state index contributed by atoms with van der Waals surface area (Å²) < 4.78 is 12.9. The van der Waals surface area contributed by atoms with Crippen LogP contribution in [0.25, 0.3) is 11.3 Å². The van der Waals surface area contributed by atoms with Crippen molar-refractivity contribution < 1.29 is 9.47 Å². The van der Waals surface area contributed by atoms with Crippen LogP contribution in [0.1, 0.15) is 33.6 Å². The number of benzene rings is 1. The third-order valence-electron chi connectivity index (χ3n) is 6.69. The van der Waals surface area contributed by atoms with Crippen LogP contribution in [0.5, 0.6) is 11.5 Å². The molecule has 1 saturated carbocycles. The molecule has 0 saturated heterocycles. The van der Waals surface area contributed by atoms with Gasteiger partial charge in [0, 0.05) is 17.0 Å². The first kappa shape index (κ1) is 21.6. The summed E-state index contributed by atoms with van der Waals surface area (Å²) in [6.45, 7) is 11.3. The van der Waals surface area contributed by atoms with Gasteiger partial charge in [0.1, 0.15) is 11.5 Å². The number of thiazole rings is 1. The molecule has 1 heterocycles. The van der Waals surface area contributed by atoms with E-state index in [-0.39, 0.29) is 0 Å². The first-order valence-corrected chi connectivity index (χ1v) is 11.5. The largest absolute Gasteiger partial charge is 0.497 e. The van der Waals surface area contributed by atoms with Crippen LogP contribution in [-0.2, 0) is 0 Å². The minimum Gasteiger partial charge on any atom is -0.497 e. The molecule has 5 rings (SSSR count). The lowest BCUT2D eigenvalue weighted by atomic mass is 9.49. The second kappa shape index (κ2) is 8.50. The quantitative estimate of drug-likeness (QED) is 0.422. The fraction of sp³-hybridized carbons (Fsp3) is 0.440. The van der Waals surface area contributed by atoms with Crippen molar-refractivity contribution in [2.45, 2.75) is 33.6 Å². The van der Waals surface area contributed by atoms with Crippen LogP contribution in [0.15, 0.2) is 57.5 Å². The topological polar surface area (TPSA) is 48.1 Å². The standard InChI is InChI=1S/C25H31N3O2S/c1-16(2)13-26-24-28(27-14-17-7-8-18-11-21(17)25(18,3)4)22(15-31-24)20-10-9-19(29-5)12-23(20)30-6/h7,9-10,12,14-15,18,21H,1,8,11,13H2,2-6H3. The Bertz CT molecular complexity index is 1120. The highest BCUT2D eigenvalue weighted by Gasteiger charge is 2.50. The van der Waals surface area contributed by atoms with Gasteiger partial charge in [-0.05, 0) is 54.7 Å². The summed E-state index contributed by atoms with van der Waals surface area (Å²) in [6, 6.07) is 5.84. The number of nitrogens with zero attached hydrogens (tertiary/aromatic N) is 3. The van der Waals surface area contributed by atoms with E-state index in [0.717, 1.165) is 45.5 Å². The molecule has 2 unspecified atom stereocenters. The molecule has 6 heteroatoms. The lowest BCUT2D eigenvalue weighted by molar-refractivity contribution is -0.00126. The number of hydrogen-bond acceptors (Lipinski definition) is 5. The van der Waals surface area contributed by atoms with Gasteiger partial charge in [-0.25, -0.2) is 4.68 Å². The zero-order chi connectivity index (χ0) is 22.2. The van der Waals surface area contributed by atoms with Crippen molar-refractivity contribution in [1.82, 2.24) is 4.68 Å². The van der Waals surface area contributed by atoms with Gasteiger partial charge in [0.25, 0.3) is 0 Å². The maximum absolute atomic E-state index is 5.65. The maximum atomic E-state index is 5.65. The molecule has 0 amide bonds. The first-order chi connectivity index (χ1) is 14.8. The van der Waals surface area contributed by atoms with Crippen molar-refractivity contribution in [2.24, 2.45) is 27.3 Å². The molecule has 5 nitrogen and oxygen atoms in total. The van der Waals surface area contributed by atoms with E-state index < -0.39 is 0 Å². The van der Waals surface area contributed by atoms with E-state index >= 15 is 0 Å². The van der Waals surface area contributed by atoms with Crippen LogP contribution in [-0.4, -0.2) is 31.7 Å². The lowest BCUT2D eigenvalue weighted by Crippen LogP contribution is -2.48. The summed E-state index contributed by atoms with van der Waals surface area (Å²) in [5, 5.41) is 7.01. The van der Waals surface area contributed by atoms with Crippen molar-refractivity contribution in [3.8, 4) is 22.8 Å². The average Bonchev–Trinajstić information content (AvgIpc) is 3.18. The van der Waals surface area contributed by atoms with Crippen LogP contribution in [0.4, 0.5) is 0 Å². The molecule has 2 bridgehead atoms. The van der Waals surface area contributed by atoms with Crippen molar-refractivity contribution in [3.63, 3.8) is 0 Å². The fourth-order valence-electron chi connectivity index (χ4n) is 4.59. The summed E-state index contributed by atoms with van der Waals surface area (Å²) in [5.74, 6) is 2.90. The molecule has 2 atom stereocenters. The van der Waals surface area contributed by atoms with Gasteiger partial charge in [0.05, 0.1) is 32.7 Å². The van der Waals surface area contributed by atoms with Crippen LogP contribution in [0.2, 0.25) is 0 Å². The molecule has 0 N–H and O–H groups in total. The van der Waals surface area contributed by atoms with Gasteiger partial charge in [-0.15, -0.1) is 11.3 Å². The Labute approximate surface area is 188 Å². The molecule has 3 aliphatic carbocycles. The normalized spacial score (nSPS) is 22.2. The molecule has 164 valence electrons. The molecule has 0 radical (unpaired) electrons. The van der Waals surface area contributed by atoms with Crippen molar-refractivity contribution >= 4 is 17.6 Å². The van der Waals surface area contributed by atoms with Gasteiger partial charge >= 0.3 is 0 Å². The molecule has 0 spiro atoms. The van der Waals surface area contributed by atoms with E-state index in [1.807, 2.05) is 36.0 Å². The van der Waals surface area contributed by atoms with Gasteiger partial charge in [0.15, 0.2) is 0 Å². The first-order valence-electron chi connectivity index (χ1n) is 10.7. The number of methoxy groups -OCH3 is 2. The predicted octanol–water partition coefficient (Wildman–Crippen LogP) is 5.54. The van der Waals surface area contributed by atoms with Gasteiger partial charge in [0.2, 0.25) is 4.80 Å². The smallest absolute Gasteiger partial charge is 0.206 e. The average molecular weight is 438 g/mol. The molecular weight excluding hydrogens is 406 g/mol. The summed E-state index contributed by atoms with van der Waals surface area (Å²) in [5.41, 5.74) is 4.62. The van der Waals surface area contributed by atoms with E-state index in [1.165, 1.54) is 12.0 Å². The van der Waals surface area contributed by atoms with E-state index in [0.29, 0.717) is 17.9 Å². The van der Waals surface area contributed by atoms with Crippen molar-refractivity contribution in [1.29, 1.82) is 0 Å². The number of allylic oxidation sites excluding steroid dienone is 2. The Hall–Kier alpha value is -2.60. The zero-order valence-electron chi connectivity index (χ0n) is 19.0. The van der Waals surface area contributed by atoms with Crippen LogP contribution in [0.3, 0.4) is 0 Å². The fourth-order valence-corrected chi connectivity index (χ4v) is 5.42. The molecule has 1 fully saturated rings. The summed E-state index contributed by atoms with van der Waals surface area (Å²) in [7, 11) is 3.33. The second-order valence-corrected chi connectivity index (χ2v) is 9.88. The van der Waals surface area contributed by atoms with Crippen LogP contribution < -0.4 is 14.3 Å². The number of ether oxygens (including phenoxy) is 2. The molecule has 31 heavy (non-hydrogen) atoms. The molecule has 0 aliphatic heterocycles. The molecule has 2 aromatic rings. The number of rotatable bonds is 7. The highest BCUT2D eigenvalue weighted by Crippen LogP contribution is 2.58. The van der Waals surface area contributed by atoms with Crippen molar-refractivity contribution in [3.05, 3.63) is 52.2 Å². The minimum atomic E-state index is 0.366. The van der Waals surface area contributed by atoms with Crippen molar-refractivity contribution in [2.75, 3.05) is 20.8 Å². The maximum Gasteiger partial charge on any atom is 0.206 e. The third kappa shape index (κ3) is 4.01. The Morgan fingerprint density at radius 3 is 2.77 bits per heavy atom. The van der Waals surface area contributed by atoms with E-state index in [1.54, 1.807) is 25.6 Å². The zero-order valence-corrected chi connectivity index (χ0v) is 19.8. The lowest BCUT2D eigenvalue weighted by Gasteiger charge is -2.55. The predicted molar refractivity (Wildman–Crippen MR) is 128 cm³/mol. The number of fused-ring (bicyclic) bond motifs is 1. The summed E-state index contributed by atoms with van der Waals surface area (Å²) in [4.78, 5) is 5.59. The van der Waals surface area contributed by atoms with Gasteiger partial charge < -0.3 is 9.47 Å². The van der Waals surface area contributed by atoms with E-state index in [9.17, 15) is 0 Å². The Kier molecular flexibility index (Phi) is 5.93. The SMILES string of the molecule is C=C(C)CN=c1scc(-c2ccc(OC)cc2OC)n1N=CC1=CCC2CC1C2(C)C. The number of hydrogen-bond donors (Lipinski definition) is 0. The van der Waals surface area contributed by atoms with Crippen LogP contribution >= 0.6 is 11.3 Å². The Morgan fingerprint density at radius 2 is 2.13 bits per heavy atom. The second-order valence-electron chi connectivity index (χ2n) is 9.05. The third-order valence-corrected chi connectivity index (χ3v) is 7.54. The molecule has 1 aromatic carbocycles. The monoisotopic (exact) mass is 437 g/mol. The number of aromatic nitrogens is 1. The summed E-state index contributed by atoms with van der Waals surface area (Å²) in [6.07, 6.45) is 6.81. The van der Waals surface area contributed by atoms with E-state index in [2.05, 4.69) is 31.9 Å². The minimum absolute atomic E-state index is 0.366. The van der Waals surface area contributed by atoms with Gasteiger partial charge in [-0.1, -0.05) is 32.1 Å². The van der Waals surface area contributed by atoms with Gasteiger partial charge in [-0.2, -0.15) is 5.10 Å². The molecular formula is C25H31N3O2S. The van der Waals surface area contributed by atoms with Gasteiger partial charge in [-0.3, -0.25) is 4.99 Å². The molecule has 3 aliphatic rings. The Balaban J connectivity index is 1.77. The highest BCUT2D eigenvalue weighted by atomic mass is 32.1. The van der Waals surface area contributed by atoms with E-state index in [4.69, 9.17) is 19.6 Å². The Morgan fingerprint density at radius 1 is 1.32 bits per heavy atom. The molecule has 1 aromatic heterocycles. The summed E-state index contributed by atoms with van der Waals surface area (Å²) >= 11 is 1.57. The highest BCUT2D eigenvalue weighted by molar-refractivity contribution is 7.07. The van der Waals surface area contributed by atoms with Crippen LogP contribution in [0, 0.1) is 17.3 Å².